The first kappa shape index (κ1) is 40.9. The number of nitrogens with zero attached hydrogens (tertiary/aromatic N) is 3. The predicted octanol–water partition coefficient (Wildman–Crippen LogP) is 8.65. The molecule has 2 fully saturated rings. The summed E-state index contributed by atoms with van der Waals surface area (Å²) < 4.78 is 5.47. The summed E-state index contributed by atoms with van der Waals surface area (Å²) in [6.45, 7) is 10.3. The Labute approximate surface area is 346 Å². The van der Waals surface area contributed by atoms with Gasteiger partial charge < -0.3 is 30.2 Å². The number of rotatable bonds is 11. The van der Waals surface area contributed by atoms with Gasteiger partial charge in [-0.1, -0.05) is 109 Å². The Morgan fingerprint density at radius 2 is 1.27 bits per heavy atom. The van der Waals surface area contributed by atoms with E-state index in [-0.39, 0.29) is 35.7 Å². The minimum atomic E-state index is -0.996. The van der Waals surface area contributed by atoms with Crippen molar-refractivity contribution in [3.8, 4) is 22.4 Å². The Kier molecular flexibility index (Phi) is 12.3. The number of hydrogen-bond acceptors (Lipinski definition) is 6. The summed E-state index contributed by atoms with van der Waals surface area (Å²) in [4.78, 5) is 65.8. The van der Waals surface area contributed by atoms with Crippen LogP contribution in [0.15, 0.2) is 115 Å². The number of likely N-dealkylation sites (tertiary alicyclic amines) is 2. The summed E-state index contributed by atoms with van der Waals surface area (Å²) in [5.74, 6) is 0.135. The smallest absolute Gasteiger partial charge is 0.408 e. The van der Waals surface area contributed by atoms with E-state index < -0.39 is 23.8 Å². The highest BCUT2D eigenvalue weighted by Gasteiger charge is 2.39. The Hall–Kier alpha value is -6.23. The molecule has 11 heteroatoms. The summed E-state index contributed by atoms with van der Waals surface area (Å²) in [5.41, 5.74) is 5.82. The molecule has 0 bridgehead atoms. The van der Waals surface area contributed by atoms with Gasteiger partial charge in [-0.05, 0) is 93.7 Å². The summed E-state index contributed by atoms with van der Waals surface area (Å²) in [6, 6.07) is 33.3. The fraction of sp³-hybridized carbons (Fsp3) is 0.354. The van der Waals surface area contributed by atoms with Gasteiger partial charge in [-0.3, -0.25) is 14.4 Å². The van der Waals surface area contributed by atoms with E-state index in [1.807, 2.05) is 97.7 Å². The molecule has 2 aliphatic heterocycles. The molecule has 1 aromatic heterocycles. The highest BCUT2D eigenvalue weighted by molar-refractivity contribution is 5.92. The number of H-pyrrole nitrogens is 1. The van der Waals surface area contributed by atoms with E-state index in [2.05, 4.69) is 39.9 Å². The summed E-state index contributed by atoms with van der Waals surface area (Å²) in [6.07, 6.45) is 4.17. The van der Waals surface area contributed by atoms with Crippen LogP contribution in [-0.2, 0) is 19.1 Å². The van der Waals surface area contributed by atoms with Gasteiger partial charge in [0.15, 0.2) is 0 Å². The van der Waals surface area contributed by atoms with Crippen LogP contribution in [-0.4, -0.2) is 68.3 Å². The zero-order valence-electron chi connectivity index (χ0n) is 34.5. The van der Waals surface area contributed by atoms with Crippen LogP contribution in [0.2, 0.25) is 0 Å². The zero-order chi connectivity index (χ0) is 41.7. The predicted molar refractivity (Wildman–Crippen MR) is 228 cm³/mol. The molecule has 3 heterocycles. The van der Waals surface area contributed by atoms with E-state index in [0.29, 0.717) is 24.9 Å². The minimum absolute atomic E-state index is 0.0768. The van der Waals surface area contributed by atoms with Gasteiger partial charge in [0.1, 0.15) is 23.5 Å². The van der Waals surface area contributed by atoms with Gasteiger partial charge in [-0.25, -0.2) is 9.78 Å². The normalized spacial score (nSPS) is 18.2. The van der Waals surface area contributed by atoms with Crippen LogP contribution >= 0.6 is 0 Å². The lowest BCUT2D eigenvalue weighted by atomic mass is 9.99. The molecule has 4 aromatic carbocycles. The van der Waals surface area contributed by atoms with Crippen LogP contribution < -0.4 is 10.6 Å². The van der Waals surface area contributed by atoms with Gasteiger partial charge in [0, 0.05) is 13.1 Å². The number of ether oxygens (including phenoxy) is 1. The third-order valence-corrected chi connectivity index (χ3v) is 11.3. The van der Waals surface area contributed by atoms with Crippen LogP contribution in [0.3, 0.4) is 0 Å². The summed E-state index contributed by atoms with van der Waals surface area (Å²) in [5, 5.41) is 5.87. The first-order chi connectivity index (χ1) is 28.4. The number of hydrogen-bond donors (Lipinski definition) is 3. The monoisotopic (exact) mass is 794 g/mol. The van der Waals surface area contributed by atoms with Gasteiger partial charge in [-0.2, -0.15) is 0 Å². The average molecular weight is 795 g/mol. The number of amides is 4. The van der Waals surface area contributed by atoms with Crippen molar-refractivity contribution in [1.82, 2.24) is 30.4 Å². The maximum atomic E-state index is 14.0. The topological polar surface area (TPSA) is 137 Å². The lowest BCUT2D eigenvalue weighted by Crippen LogP contribution is -2.50. The molecule has 306 valence electrons. The molecule has 0 unspecified atom stereocenters. The number of aromatic amines is 1. The van der Waals surface area contributed by atoms with Crippen molar-refractivity contribution in [3.63, 3.8) is 0 Å². The van der Waals surface area contributed by atoms with Crippen molar-refractivity contribution in [2.45, 2.75) is 96.0 Å². The molecule has 4 amide bonds. The van der Waals surface area contributed by atoms with Gasteiger partial charge in [0.2, 0.25) is 11.8 Å². The fourth-order valence-corrected chi connectivity index (χ4v) is 8.13. The number of aromatic nitrogens is 2. The molecule has 59 heavy (non-hydrogen) atoms. The highest BCUT2D eigenvalue weighted by Crippen LogP contribution is 2.35. The molecule has 5 atom stereocenters. The van der Waals surface area contributed by atoms with Gasteiger partial charge in [0.05, 0.1) is 29.9 Å². The number of nitrogens with one attached hydrogen (secondary N) is 3. The molecule has 0 spiro atoms. The number of carbonyl (C=O) groups is 4. The third-order valence-electron chi connectivity index (χ3n) is 11.3. The van der Waals surface area contributed by atoms with Crippen molar-refractivity contribution >= 4 is 23.8 Å². The molecule has 7 rings (SSSR count). The lowest BCUT2D eigenvalue weighted by molar-refractivity contribution is -0.140. The number of carbonyl (C=O) groups excluding carboxylic acids is 4. The van der Waals surface area contributed by atoms with Crippen LogP contribution in [0.5, 0.6) is 0 Å². The third kappa shape index (κ3) is 9.57. The maximum Gasteiger partial charge on any atom is 0.408 e. The average Bonchev–Trinajstić information content (AvgIpc) is 4.04. The van der Waals surface area contributed by atoms with Crippen LogP contribution in [0.1, 0.15) is 107 Å². The van der Waals surface area contributed by atoms with E-state index in [1.54, 1.807) is 37.8 Å². The number of imidazole rings is 1. The molecule has 3 N–H and O–H groups in total. The molecule has 2 saturated heterocycles. The summed E-state index contributed by atoms with van der Waals surface area (Å²) >= 11 is 0. The molecule has 11 nitrogen and oxygen atoms in total. The van der Waals surface area contributed by atoms with Gasteiger partial charge >= 0.3 is 6.09 Å². The molecule has 2 aliphatic rings. The van der Waals surface area contributed by atoms with Crippen molar-refractivity contribution in [2.75, 3.05) is 13.1 Å². The Morgan fingerprint density at radius 3 is 1.92 bits per heavy atom. The molecule has 0 saturated carbocycles. The maximum absolute atomic E-state index is 14.0. The Bertz CT molecular complexity index is 2230. The minimum Gasteiger partial charge on any atom is -0.444 e. The number of alkyl carbamates (subject to hydrolysis) is 1. The van der Waals surface area contributed by atoms with Crippen LogP contribution in [0.25, 0.3) is 22.4 Å². The first-order valence-corrected chi connectivity index (χ1v) is 20.6. The molecular weight excluding hydrogens is 741 g/mol. The Morgan fingerprint density at radius 1 is 0.695 bits per heavy atom. The second-order valence-corrected chi connectivity index (χ2v) is 16.6. The van der Waals surface area contributed by atoms with E-state index in [4.69, 9.17) is 9.72 Å². The zero-order valence-corrected chi connectivity index (χ0v) is 34.5. The fourth-order valence-electron chi connectivity index (χ4n) is 8.13. The second kappa shape index (κ2) is 17.7. The van der Waals surface area contributed by atoms with E-state index >= 15 is 0 Å². The molecule has 0 aliphatic carbocycles. The molecule has 5 aromatic rings. The first-order valence-electron chi connectivity index (χ1n) is 20.6. The standard InChI is InChI=1S/C48H54N6O5/c1-31(33-14-8-6-9-15-33)45(56)53-28-12-18-40(53)43-49-30-39(51-43)37-26-24-36(25-27-37)35-22-20-34(21-23-35)32(2)50-44(55)41-19-13-29-54(41)46(57)42(38-16-10-7-11-17-38)52-47(58)59-48(3,4)5/h6-11,14-17,20-27,30-32,40-42H,12-13,18-19,28-29H2,1-5H3,(H,49,51)(H,50,55)(H,52,58)/t31-,32+,40+,41+,42-/m1/s1. The van der Waals surface area contributed by atoms with E-state index in [1.165, 1.54) is 0 Å². The molecule has 0 radical (unpaired) electrons. The lowest BCUT2D eigenvalue weighted by Gasteiger charge is -2.30. The molecular formula is C48H54N6O5. The largest absolute Gasteiger partial charge is 0.444 e. The van der Waals surface area contributed by atoms with Crippen LogP contribution in [0, 0.1) is 0 Å². The van der Waals surface area contributed by atoms with Crippen molar-refractivity contribution in [2.24, 2.45) is 0 Å². The quantitative estimate of drug-likeness (QED) is 0.123. The SMILES string of the molecule is C[C@H](NC(=O)[C@@H]1CCCN1C(=O)[C@H](NC(=O)OC(C)(C)C)c1ccccc1)c1ccc(-c2ccc(-c3cnc([C@@H]4CCCN4C(=O)[C@H](C)c4ccccc4)[nH]3)cc2)cc1. The van der Waals surface area contributed by atoms with Crippen molar-refractivity contribution in [1.29, 1.82) is 0 Å². The highest BCUT2D eigenvalue weighted by atomic mass is 16.6. The van der Waals surface area contributed by atoms with Crippen molar-refractivity contribution < 1.29 is 23.9 Å². The number of benzene rings is 4. The summed E-state index contributed by atoms with van der Waals surface area (Å²) in [7, 11) is 0. The van der Waals surface area contributed by atoms with Gasteiger partial charge in [0.25, 0.3) is 5.91 Å². The van der Waals surface area contributed by atoms with E-state index in [0.717, 1.165) is 58.7 Å². The second-order valence-electron chi connectivity index (χ2n) is 16.6. The van der Waals surface area contributed by atoms with Gasteiger partial charge in [-0.15, -0.1) is 0 Å². The van der Waals surface area contributed by atoms with E-state index in [9.17, 15) is 19.2 Å². The Balaban J connectivity index is 0.965. The van der Waals surface area contributed by atoms with Crippen molar-refractivity contribution in [3.05, 3.63) is 138 Å². The van der Waals surface area contributed by atoms with Crippen LogP contribution in [0.4, 0.5) is 4.79 Å².